The highest BCUT2D eigenvalue weighted by molar-refractivity contribution is 5.82. The predicted molar refractivity (Wildman–Crippen MR) is 84.8 cm³/mol. The lowest BCUT2D eigenvalue weighted by molar-refractivity contribution is -0.135. The molecule has 1 aromatic rings. The van der Waals surface area contributed by atoms with Crippen LogP contribution in [0, 0.1) is 0 Å². The molecule has 1 atom stereocenters. The van der Waals surface area contributed by atoms with E-state index in [1.54, 1.807) is 18.0 Å². The van der Waals surface area contributed by atoms with Crippen LogP contribution in [0.2, 0.25) is 0 Å². The van der Waals surface area contributed by atoms with Crippen LogP contribution in [0.15, 0.2) is 30.5 Å². The van der Waals surface area contributed by atoms with Crippen molar-refractivity contribution in [1.82, 2.24) is 15.1 Å². The monoisotopic (exact) mass is 299 g/mol. The molecule has 1 N–H and O–H groups in total. The van der Waals surface area contributed by atoms with E-state index in [1.807, 2.05) is 35.2 Å². The van der Waals surface area contributed by atoms with Crippen LogP contribution in [0.1, 0.15) is 30.5 Å². The Morgan fingerprint density at radius 3 is 2.68 bits per heavy atom. The SMILES string of the molecule is CC(=O)N1C=Cc2ccccc2C1CC(=O)N1CCNCC1. The van der Waals surface area contributed by atoms with Gasteiger partial charge in [-0.25, -0.2) is 0 Å². The molecule has 2 amide bonds. The van der Waals surface area contributed by atoms with Crippen LogP contribution in [-0.2, 0) is 9.59 Å². The highest BCUT2D eigenvalue weighted by atomic mass is 16.2. The number of carbonyl (C=O) groups excluding carboxylic acids is 2. The molecule has 0 bridgehead atoms. The molecule has 1 saturated heterocycles. The lowest BCUT2D eigenvalue weighted by atomic mass is 9.93. The van der Waals surface area contributed by atoms with Gasteiger partial charge in [0.2, 0.25) is 11.8 Å². The van der Waals surface area contributed by atoms with E-state index in [2.05, 4.69) is 5.32 Å². The number of rotatable bonds is 2. The molecule has 3 rings (SSSR count). The summed E-state index contributed by atoms with van der Waals surface area (Å²) in [7, 11) is 0. The van der Waals surface area contributed by atoms with Gasteiger partial charge < -0.3 is 15.1 Å². The van der Waals surface area contributed by atoms with Crippen LogP contribution in [0.4, 0.5) is 0 Å². The summed E-state index contributed by atoms with van der Waals surface area (Å²) in [6, 6.07) is 7.75. The molecule has 116 valence electrons. The molecule has 2 heterocycles. The van der Waals surface area contributed by atoms with Gasteiger partial charge in [0.15, 0.2) is 0 Å². The number of fused-ring (bicyclic) bond motifs is 1. The van der Waals surface area contributed by atoms with Crippen molar-refractivity contribution in [2.45, 2.75) is 19.4 Å². The molecule has 2 aliphatic rings. The van der Waals surface area contributed by atoms with Crippen LogP contribution in [0.5, 0.6) is 0 Å². The van der Waals surface area contributed by atoms with E-state index in [0.29, 0.717) is 6.42 Å². The summed E-state index contributed by atoms with van der Waals surface area (Å²) in [5.74, 6) is 0.0757. The molecule has 0 saturated carbocycles. The molecule has 0 spiro atoms. The average molecular weight is 299 g/mol. The van der Waals surface area contributed by atoms with Gasteiger partial charge in [0, 0.05) is 39.3 Å². The van der Waals surface area contributed by atoms with Crippen molar-refractivity contribution in [3.8, 4) is 0 Å². The zero-order valence-corrected chi connectivity index (χ0v) is 12.8. The fourth-order valence-corrected chi connectivity index (χ4v) is 3.12. The highest BCUT2D eigenvalue weighted by Gasteiger charge is 2.30. The second-order valence-electron chi connectivity index (χ2n) is 5.72. The van der Waals surface area contributed by atoms with Crippen molar-refractivity contribution in [3.05, 3.63) is 41.6 Å². The Kier molecular flexibility index (Phi) is 4.24. The molecular formula is C17H21N3O2. The molecule has 22 heavy (non-hydrogen) atoms. The van der Waals surface area contributed by atoms with Crippen LogP contribution >= 0.6 is 0 Å². The summed E-state index contributed by atoms with van der Waals surface area (Å²) < 4.78 is 0. The number of benzene rings is 1. The third kappa shape index (κ3) is 2.90. The van der Waals surface area contributed by atoms with Crippen molar-refractivity contribution in [2.24, 2.45) is 0 Å². The van der Waals surface area contributed by atoms with E-state index < -0.39 is 0 Å². The fraction of sp³-hybridized carbons (Fsp3) is 0.412. The number of hydrogen-bond donors (Lipinski definition) is 1. The van der Waals surface area contributed by atoms with Crippen LogP contribution in [-0.4, -0.2) is 47.8 Å². The van der Waals surface area contributed by atoms with Gasteiger partial charge in [-0.3, -0.25) is 9.59 Å². The van der Waals surface area contributed by atoms with E-state index in [-0.39, 0.29) is 17.9 Å². The number of nitrogens with one attached hydrogen (secondary N) is 1. The number of carbonyl (C=O) groups is 2. The Hall–Kier alpha value is -2.14. The lowest BCUT2D eigenvalue weighted by Gasteiger charge is -2.35. The lowest BCUT2D eigenvalue weighted by Crippen LogP contribution is -2.47. The molecule has 5 heteroatoms. The van der Waals surface area contributed by atoms with Crippen molar-refractivity contribution >= 4 is 17.9 Å². The second-order valence-corrected chi connectivity index (χ2v) is 5.72. The smallest absolute Gasteiger partial charge is 0.225 e. The number of hydrogen-bond acceptors (Lipinski definition) is 3. The third-order valence-electron chi connectivity index (χ3n) is 4.31. The Bertz CT molecular complexity index is 606. The zero-order valence-electron chi connectivity index (χ0n) is 12.8. The Labute approximate surface area is 130 Å². The van der Waals surface area contributed by atoms with Gasteiger partial charge in [-0.1, -0.05) is 24.3 Å². The van der Waals surface area contributed by atoms with Crippen molar-refractivity contribution in [3.63, 3.8) is 0 Å². The summed E-state index contributed by atoms with van der Waals surface area (Å²) in [5.41, 5.74) is 2.13. The molecule has 1 fully saturated rings. The number of amides is 2. The first kappa shape index (κ1) is 14.8. The summed E-state index contributed by atoms with van der Waals surface area (Å²) in [5, 5.41) is 3.25. The minimum atomic E-state index is -0.207. The minimum Gasteiger partial charge on any atom is -0.340 e. The summed E-state index contributed by atoms with van der Waals surface area (Å²) in [4.78, 5) is 28.1. The average Bonchev–Trinajstić information content (AvgIpc) is 2.55. The number of piperazine rings is 1. The second kappa shape index (κ2) is 6.32. The van der Waals surface area contributed by atoms with Crippen molar-refractivity contribution in [2.75, 3.05) is 26.2 Å². The Balaban J connectivity index is 1.83. The number of nitrogens with zero attached hydrogens (tertiary/aromatic N) is 2. The van der Waals surface area contributed by atoms with E-state index in [0.717, 1.165) is 37.3 Å². The van der Waals surface area contributed by atoms with E-state index in [4.69, 9.17) is 0 Å². The molecule has 0 aliphatic carbocycles. The predicted octanol–water partition coefficient (Wildman–Crippen LogP) is 1.38. The standard InChI is InChI=1S/C17H21N3O2/c1-13(21)20-9-6-14-4-2-3-5-15(14)16(20)12-17(22)19-10-7-18-8-11-19/h2-6,9,16,18H,7-8,10-12H2,1H3. The zero-order chi connectivity index (χ0) is 15.5. The molecule has 2 aliphatic heterocycles. The first-order chi connectivity index (χ1) is 10.7. The Morgan fingerprint density at radius 1 is 1.23 bits per heavy atom. The summed E-state index contributed by atoms with van der Waals surface area (Å²) >= 11 is 0. The van der Waals surface area contributed by atoms with Crippen LogP contribution in [0.3, 0.4) is 0 Å². The quantitative estimate of drug-likeness (QED) is 0.897. The molecule has 1 unspecified atom stereocenters. The summed E-state index contributed by atoms with van der Waals surface area (Å²) in [6.07, 6.45) is 4.06. The topological polar surface area (TPSA) is 52.7 Å². The van der Waals surface area contributed by atoms with Gasteiger partial charge in [0.1, 0.15) is 0 Å². The van der Waals surface area contributed by atoms with E-state index in [9.17, 15) is 9.59 Å². The maximum atomic E-state index is 12.6. The normalized spacial score (nSPS) is 20.7. The first-order valence-corrected chi connectivity index (χ1v) is 7.71. The van der Waals surface area contributed by atoms with Crippen LogP contribution in [0.25, 0.3) is 6.08 Å². The molecule has 1 aromatic carbocycles. The van der Waals surface area contributed by atoms with E-state index in [1.165, 1.54) is 0 Å². The largest absolute Gasteiger partial charge is 0.340 e. The molecule has 0 radical (unpaired) electrons. The maximum Gasteiger partial charge on any atom is 0.225 e. The third-order valence-corrected chi connectivity index (χ3v) is 4.31. The van der Waals surface area contributed by atoms with Gasteiger partial charge in [-0.05, 0) is 17.2 Å². The van der Waals surface area contributed by atoms with Gasteiger partial charge >= 0.3 is 0 Å². The maximum absolute atomic E-state index is 12.6. The molecule has 0 aromatic heterocycles. The first-order valence-electron chi connectivity index (χ1n) is 7.71. The van der Waals surface area contributed by atoms with Gasteiger partial charge in [-0.2, -0.15) is 0 Å². The van der Waals surface area contributed by atoms with E-state index >= 15 is 0 Å². The Morgan fingerprint density at radius 2 is 1.95 bits per heavy atom. The summed E-state index contributed by atoms with van der Waals surface area (Å²) in [6.45, 7) is 4.69. The molecular weight excluding hydrogens is 278 g/mol. The van der Waals surface area contributed by atoms with Gasteiger partial charge in [0.05, 0.1) is 12.5 Å². The van der Waals surface area contributed by atoms with Gasteiger partial charge in [-0.15, -0.1) is 0 Å². The van der Waals surface area contributed by atoms with Gasteiger partial charge in [0.25, 0.3) is 0 Å². The molecule has 5 nitrogen and oxygen atoms in total. The van der Waals surface area contributed by atoms with Crippen molar-refractivity contribution in [1.29, 1.82) is 0 Å². The van der Waals surface area contributed by atoms with Crippen LogP contribution < -0.4 is 5.32 Å². The van der Waals surface area contributed by atoms with Crippen molar-refractivity contribution < 1.29 is 9.59 Å². The minimum absolute atomic E-state index is 0.0381. The fourth-order valence-electron chi connectivity index (χ4n) is 3.12. The highest BCUT2D eigenvalue weighted by Crippen LogP contribution is 2.33.